The summed E-state index contributed by atoms with van der Waals surface area (Å²) in [7, 11) is 0. The highest BCUT2D eigenvalue weighted by atomic mass is 19.3. The number of hydrogen-bond acceptors (Lipinski definition) is 3. The van der Waals surface area contributed by atoms with Crippen LogP contribution in [0.3, 0.4) is 0 Å². The van der Waals surface area contributed by atoms with Crippen LogP contribution in [0.15, 0.2) is 36.4 Å². The molecule has 0 atom stereocenters. The molecule has 0 aliphatic carbocycles. The third-order valence-corrected chi connectivity index (χ3v) is 3.48. The van der Waals surface area contributed by atoms with Crippen LogP contribution in [0.5, 0.6) is 5.75 Å². The van der Waals surface area contributed by atoms with Crippen molar-refractivity contribution in [2.75, 3.05) is 6.54 Å². The van der Waals surface area contributed by atoms with Crippen molar-refractivity contribution in [3.8, 4) is 5.75 Å². The molecule has 0 spiro atoms. The second-order valence-electron chi connectivity index (χ2n) is 5.58. The van der Waals surface area contributed by atoms with Crippen LogP contribution in [-0.2, 0) is 11.3 Å². The molecule has 2 rings (SSSR count). The minimum absolute atomic E-state index is 0.0840. The lowest BCUT2D eigenvalue weighted by Crippen LogP contribution is -2.23. The van der Waals surface area contributed by atoms with E-state index < -0.39 is 6.61 Å². The second-order valence-corrected chi connectivity index (χ2v) is 5.58. The third kappa shape index (κ3) is 6.37. The Morgan fingerprint density at radius 2 is 2.04 bits per heavy atom. The molecule has 25 heavy (non-hydrogen) atoms. The second kappa shape index (κ2) is 8.96. The Hall–Kier alpha value is -2.70. The molecule has 0 saturated heterocycles. The number of nitrogens with one attached hydrogen (secondary N) is 1. The van der Waals surface area contributed by atoms with Crippen LogP contribution in [0.4, 0.5) is 8.78 Å². The Balaban J connectivity index is 1.72. The molecule has 5 nitrogen and oxygen atoms in total. The van der Waals surface area contributed by atoms with Gasteiger partial charge >= 0.3 is 6.61 Å². The molecule has 0 bridgehead atoms. The van der Waals surface area contributed by atoms with E-state index in [0.717, 1.165) is 29.9 Å². The molecular weight excluding hydrogens is 328 g/mol. The van der Waals surface area contributed by atoms with E-state index >= 15 is 0 Å². The highest BCUT2D eigenvalue weighted by Gasteiger charge is 2.03. The molecule has 1 aromatic carbocycles. The zero-order valence-electron chi connectivity index (χ0n) is 14.2. The number of rotatable bonds is 8. The Morgan fingerprint density at radius 1 is 1.32 bits per heavy atom. The van der Waals surface area contributed by atoms with Crippen molar-refractivity contribution in [1.82, 2.24) is 15.1 Å². The zero-order valence-corrected chi connectivity index (χ0v) is 14.2. The SMILES string of the molecule is Cc1cc(C)n(CCCNC(=O)/C=C\c2ccc(OC(F)F)cc2)n1. The first-order valence-electron chi connectivity index (χ1n) is 7.96. The number of benzene rings is 1. The lowest BCUT2D eigenvalue weighted by molar-refractivity contribution is -0.116. The van der Waals surface area contributed by atoms with Gasteiger partial charge in [-0.25, -0.2) is 0 Å². The molecule has 0 aliphatic rings. The van der Waals surface area contributed by atoms with E-state index in [1.165, 1.54) is 18.2 Å². The molecule has 134 valence electrons. The summed E-state index contributed by atoms with van der Waals surface area (Å²) >= 11 is 0. The van der Waals surface area contributed by atoms with Crippen molar-refractivity contribution in [2.24, 2.45) is 0 Å². The maximum Gasteiger partial charge on any atom is 0.387 e. The number of amides is 1. The monoisotopic (exact) mass is 349 g/mol. The van der Waals surface area contributed by atoms with Gasteiger partial charge in [0, 0.05) is 24.9 Å². The standard InChI is InChI=1S/C18H21F2N3O2/c1-13-12-14(2)23(22-13)11-3-10-21-17(24)9-6-15-4-7-16(8-5-15)25-18(19)20/h4-9,12,18H,3,10-11H2,1-2H3,(H,21,24)/b9-6-. The quantitative estimate of drug-likeness (QED) is 0.587. The van der Waals surface area contributed by atoms with Gasteiger partial charge in [0.15, 0.2) is 0 Å². The first-order chi connectivity index (χ1) is 11.9. The number of carbonyl (C=O) groups excluding carboxylic acids is 1. The zero-order chi connectivity index (χ0) is 18.2. The first kappa shape index (κ1) is 18.6. The third-order valence-electron chi connectivity index (χ3n) is 3.48. The molecular formula is C18H21F2N3O2. The number of alkyl halides is 2. The maximum atomic E-state index is 12.1. The lowest BCUT2D eigenvalue weighted by Gasteiger charge is -2.05. The normalized spacial score (nSPS) is 11.2. The van der Waals surface area contributed by atoms with Crippen molar-refractivity contribution in [1.29, 1.82) is 0 Å². The number of halogens is 2. The van der Waals surface area contributed by atoms with Gasteiger partial charge in [-0.05, 0) is 50.1 Å². The molecule has 0 saturated carbocycles. The van der Waals surface area contributed by atoms with E-state index in [1.54, 1.807) is 18.2 Å². The highest BCUT2D eigenvalue weighted by molar-refractivity contribution is 5.91. The van der Waals surface area contributed by atoms with Gasteiger partial charge in [0.2, 0.25) is 5.91 Å². The molecule has 0 radical (unpaired) electrons. The van der Waals surface area contributed by atoms with E-state index in [2.05, 4.69) is 15.2 Å². The van der Waals surface area contributed by atoms with Gasteiger partial charge in [-0.2, -0.15) is 13.9 Å². The molecule has 2 aromatic rings. The molecule has 7 heteroatoms. The van der Waals surface area contributed by atoms with E-state index in [0.29, 0.717) is 6.54 Å². The van der Waals surface area contributed by atoms with Gasteiger partial charge in [0.25, 0.3) is 0 Å². The summed E-state index contributed by atoms with van der Waals surface area (Å²) in [6, 6.07) is 8.07. The van der Waals surface area contributed by atoms with E-state index in [-0.39, 0.29) is 11.7 Å². The van der Waals surface area contributed by atoms with E-state index in [9.17, 15) is 13.6 Å². The highest BCUT2D eigenvalue weighted by Crippen LogP contribution is 2.15. The molecule has 0 unspecified atom stereocenters. The molecule has 1 amide bonds. The number of nitrogens with zero attached hydrogens (tertiary/aromatic N) is 2. The van der Waals surface area contributed by atoms with Gasteiger partial charge in [-0.15, -0.1) is 0 Å². The summed E-state index contributed by atoms with van der Waals surface area (Å²) in [4.78, 5) is 11.8. The van der Waals surface area contributed by atoms with Crippen LogP contribution in [0, 0.1) is 13.8 Å². The van der Waals surface area contributed by atoms with Crippen molar-refractivity contribution in [3.63, 3.8) is 0 Å². The fraction of sp³-hybridized carbons (Fsp3) is 0.333. The van der Waals surface area contributed by atoms with Crippen LogP contribution in [0.25, 0.3) is 6.08 Å². The summed E-state index contributed by atoms with van der Waals surface area (Å²) in [6.45, 7) is 2.39. The Labute approximate surface area is 145 Å². The van der Waals surface area contributed by atoms with Gasteiger partial charge in [-0.3, -0.25) is 9.48 Å². The van der Waals surface area contributed by atoms with E-state index in [4.69, 9.17) is 0 Å². The van der Waals surface area contributed by atoms with Gasteiger partial charge in [-0.1, -0.05) is 12.1 Å². The fourth-order valence-corrected chi connectivity index (χ4v) is 2.33. The smallest absolute Gasteiger partial charge is 0.387 e. The average Bonchev–Trinajstić information content (AvgIpc) is 2.88. The summed E-state index contributed by atoms with van der Waals surface area (Å²) in [6.07, 6.45) is 3.80. The van der Waals surface area contributed by atoms with Crippen molar-refractivity contribution < 1.29 is 18.3 Å². The predicted molar refractivity (Wildman–Crippen MR) is 91.4 cm³/mol. The number of aromatic nitrogens is 2. The first-order valence-corrected chi connectivity index (χ1v) is 7.96. The molecule has 1 aromatic heterocycles. The van der Waals surface area contributed by atoms with Crippen LogP contribution < -0.4 is 10.1 Å². The Morgan fingerprint density at radius 3 is 2.64 bits per heavy atom. The van der Waals surface area contributed by atoms with Gasteiger partial charge < -0.3 is 10.1 Å². The fourth-order valence-electron chi connectivity index (χ4n) is 2.33. The van der Waals surface area contributed by atoms with Crippen molar-refractivity contribution in [3.05, 3.63) is 53.4 Å². The van der Waals surface area contributed by atoms with Crippen LogP contribution in [0.2, 0.25) is 0 Å². The van der Waals surface area contributed by atoms with Crippen LogP contribution in [-0.4, -0.2) is 28.8 Å². The lowest BCUT2D eigenvalue weighted by atomic mass is 10.2. The van der Waals surface area contributed by atoms with Gasteiger partial charge in [0.1, 0.15) is 5.75 Å². The number of aryl methyl sites for hydroxylation is 3. The van der Waals surface area contributed by atoms with Crippen LogP contribution >= 0.6 is 0 Å². The van der Waals surface area contributed by atoms with E-state index in [1.807, 2.05) is 24.6 Å². The number of ether oxygens (including phenoxy) is 1. The molecule has 0 aliphatic heterocycles. The summed E-state index contributed by atoms with van der Waals surface area (Å²) in [5, 5.41) is 7.16. The Kier molecular flexibility index (Phi) is 6.68. The summed E-state index contributed by atoms with van der Waals surface area (Å²) < 4.78 is 30.3. The molecule has 1 N–H and O–H groups in total. The van der Waals surface area contributed by atoms with Crippen molar-refractivity contribution in [2.45, 2.75) is 33.4 Å². The number of hydrogen-bond donors (Lipinski definition) is 1. The Bertz CT molecular complexity index is 724. The summed E-state index contributed by atoms with van der Waals surface area (Å²) in [5.41, 5.74) is 2.80. The minimum atomic E-state index is -2.85. The van der Waals surface area contributed by atoms with Gasteiger partial charge in [0.05, 0.1) is 5.69 Å². The topological polar surface area (TPSA) is 56.2 Å². The van der Waals surface area contributed by atoms with Crippen molar-refractivity contribution >= 4 is 12.0 Å². The summed E-state index contributed by atoms with van der Waals surface area (Å²) in [5.74, 6) is -0.123. The van der Waals surface area contributed by atoms with Crippen LogP contribution in [0.1, 0.15) is 23.4 Å². The largest absolute Gasteiger partial charge is 0.435 e. The minimum Gasteiger partial charge on any atom is -0.435 e. The molecule has 0 fully saturated rings. The number of carbonyl (C=O) groups is 1. The predicted octanol–water partition coefficient (Wildman–Crippen LogP) is 3.32. The average molecular weight is 349 g/mol. The molecule has 1 heterocycles. The maximum absolute atomic E-state index is 12.1.